The van der Waals surface area contributed by atoms with Crippen LogP contribution in [0, 0.1) is 17.2 Å². The number of likely N-dealkylation sites (tertiary alicyclic amines) is 1. The molecule has 1 saturated heterocycles. The van der Waals surface area contributed by atoms with Crippen molar-refractivity contribution in [1.82, 2.24) is 4.90 Å². The van der Waals surface area contributed by atoms with Gasteiger partial charge in [-0.3, -0.25) is 9.69 Å². The summed E-state index contributed by atoms with van der Waals surface area (Å²) in [5.41, 5.74) is 0. The first-order chi connectivity index (χ1) is 6.66. The molecule has 0 saturated carbocycles. The highest BCUT2D eigenvalue weighted by Gasteiger charge is 2.35. The molecule has 0 aromatic rings. The summed E-state index contributed by atoms with van der Waals surface area (Å²) in [6.07, 6.45) is 2.23. The van der Waals surface area contributed by atoms with Gasteiger partial charge in [-0.15, -0.1) is 0 Å². The zero-order valence-corrected chi connectivity index (χ0v) is 8.44. The van der Waals surface area contributed by atoms with Crippen LogP contribution in [0.3, 0.4) is 0 Å². The molecular weight excluding hydrogens is 180 g/mol. The standard InChI is InChI=1S/C10H16N2O2/c1-8-4-7-12(6-3-2-5-11)9(8)10(13)14/h8-9H,2-4,6-7H2,1H3,(H,13,14). The third-order valence-electron chi connectivity index (χ3n) is 2.79. The van der Waals surface area contributed by atoms with Crippen LogP contribution in [-0.4, -0.2) is 35.1 Å². The molecular formula is C10H16N2O2. The maximum Gasteiger partial charge on any atom is 0.321 e. The summed E-state index contributed by atoms with van der Waals surface area (Å²) in [6, 6.07) is 1.73. The molecule has 0 aromatic carbocycles. The van der Waals surface area contributed by atoms with Crippen molar-refractivity contribution < 1.29 is 9.90 Å². The third kappa shape index (κ3) is 2.46. The molecule has 1 fully saturated rings. The second-order valence-electron chi connectivity index (χ2n) is 3.85. The summed E-state index contributed by atoms with van der Waals surface area (Å²) in [6.45, 7) is 3.56. The van der Waals surface area contributed by atoms with Gasteiger partial charge in [0.15, 0.2) is 0 Å². The molecule has 1 rings (SSSR count). The fourth-order valence-electron chi connectivity index (χ4n) is 2.04. The van der Waals surface area contributed by atoms with Crippen molar-refractivity contribution in [3.63, 3.8) is 0 Å². The Morgan fingerprint density at radius 3 is 3.00 bits per heavy atom. The van der Waals surface area contributed by atoms with E-state index in [2.05, 4.69) is 6.07 Å². The van der Waals surface area contributed by atoms with Gasteiger partial charge < -0.3 is 5.11 Å². The van der Waals surface area contributed by atoms with Crippen LogP contribution in [0.1, 0.15) is 26.2 Å². The summed E-state index contributed by atoms with van der Waals surface area (Å²) >= 11 is 0. The molecule has 0 radical (unpaired) electrons. The lowest BCUT2D eigenvalue weighted by molar-refractivity contribution is -0.143. The molecule has 1 N–H and O–H groups in total. The van der Waals surface area contributed by atoms with Crippen molar-refractivity contribution in [3.8, 4) is 6.07 Å². The Balaban J connectivity index is 2.44. The first-order valence-corrected chi connectivity index (χ1v) is 5.00. The number of hydrogen-bond donors (Lipinski definition) is 1. The highest BCUT2D eigenvalue weighted by atomic mass is 16.4. The zero-order chi connectivity index (χ0) is 10.6. The first kappa shape index (κ1) is 11.0. The van der Waals surface area contributed by atoms with E-state index in [1.165, 1.54) is 0 Å². The number of carbonyl (C=O) groups is 1. The summed E-state index contributed by atoms with van der Waals surface area (Å²) in [4.78, 5) is 12.9. The summed E-state index contributed by atoms with van der Waals surface area (Å²) < 4.78 is 0. The van der Waals surface area contributed by atoms with Gasteiger partial charge in [-0.2, -0.15) is 5.26 Å². The largest absolute Gasteiger partial charge is 0.480 e. The average Bonchev–Trinajstić information content (AvgIpc) is 2.47. The molecule has 78 valence electrons. The van der Waals surface area contributed by atoms with E-state index in [0.717, 1.165) is 25.9 Å². The number of carboxylic acids is 1. The number of nitrogens with zero attached hydrogens (tertiary/aromatic N) is 2. The smallest absolute Gasteiger partial charge is 0.321 e. The Morgan fingerprint density at radius 2 is 2.43 bits per heavy atom. The second-order valence-corrected chi connectivity index (χ2v) is 3.85. The number of unbranched alkanes of at least 4 members (excludes halogenated alkanes) is 1. The van der Waals surface area contributed by atoms with Crippen LogP contribution in [0.5, 0.6) is 0 Å². The average molecular weight is 196 g/mol. The second kappa shape index (κ2) is 4.97. The molecule has 4 heteroatoms. The van der Waals surface area contributed by atoms with Crippen molar-refractivity contribution in [3.05, 3.63) is 0 Å². The van der Waals surface area contributed by atoms with Gasteiger partial charge in [0, 0.05) is 6.42 Å². The van der Waals surface area contributed by atoms with Gasteiger partial charge in [-0.05, 0) is 31.8 Å². The van der Waals surface area contributed by atoms with Crippen LogP contribution >= 0.6 is 0 Å². The van der Waals surface area contributed by atoms with E-state index in [1.54, 1.807) is 0 Å². The predicted octanol–water partition coefficient (Wildman–Crippen LogP) is 1.09. The third-order valence-corrected chi connectivity index (χ3v) is 2.79. The molecule has 1 heterocycles. The van der Waals surface area contributed by atoms with Crippen molar-refractivity contribution in [2.75, 3.05) is 13.1 Å². The van der Waals surface area contributed by atoms with Crippen molar-refractivity contribution in [1.29, 1.82) is 5.26 Å². The van der Waals surface area contributed by atoms with E-state index in [1.807, 2.05) is 11.8 Å². The van der Waals surface area contributed by atoms with Gasteiger partial charge in [0.2, 0.25) is 0 Å². The van der Waals surface area contributed by atoms with E-state index < -0.39 is 5.97 Å². The molecule has 0 spiro atoms. The SMILES string of the molecule is CC1CCN(CCCC#N)C1C(=O)O. The first-order valence-electron chi connectivity index (χ1n) is 5.00. The number of nitriles is 1. The lowest BCUT2D eigenvalue weighted by Gasteiger charge is -2.22. The predicted molar refractivity (Wildman–Crippen MR) is 51.6 cm³/mol. The molecule has 1 aliphatic heterocycles. The summed E-state index contributed by atoms with van der Waals surface area (Å²) in [5, 5.41) is 17.4. The fourth-order valence-corrected chi connectivity index (χ4v) is 2.04. The van der Waals surface area contributed by atoms with Crippen LogP contribution in [0.2, 0.25) is 0 Å². The fraction of sp³-hybridized carbons (Fsp3) is 0.800. The van der Waals surface area contributed by atoms with E-state index in [0.29, 0.717) is 6.42 Å². The van der Waals surface area contributed by atoms with Gasteiger partial charge in [0.05, 0.1) is 6.07 Å². The molecule has 0 amide bonds. The maximum atomic E-state index is 10.9. The van der Waals surface area contributed by atoms with E-state index in [9.17, 15) is 4.79 Å². The Hall–Kier alpha value is -1.08. The van der Waals surface area contributed by atoms with Gasteiger partial charge >= 0.3 is 5.97 Å². The van der Waals surface area contributed by atoms with Gasteiger partial charge in [0.1, 0.15) is 6.04 Å². The molecule has 0 aromatic heterocycles. The lowest BCUT2D eigenvalue weighted by atomic mass is 10.0. The quantitative estimate of drug-likeness (QED) is 0.683. The highest BCUT2D eigenvalue weighted by Crippen LogP contribution is 2.24. The zero-order valence-electron chi connectivity index (χ0n) is 8.44. The topological polar surface area (TPSA) is 64.3 Å². The molecule has 0 aliphatic carbocycles. The molecule has 1 aliphatic rings. The highest BCUT2D eigenvalue weighted by molar-refractivity contribution is 5.74. The Morgan fingerprint density at radius 1 is 1.71 bits per heavy atom. The van der Waals surface area contributed by atoms with Crippen LogP contribution in [0.25, 0.3) is 0 Å². The number of carboxylic acid groups (broad SMARTS) is 1. The minimum absolute atomic E-state index is 0.231. The normalized spacial score (nSPS) is 27.4. The maximum absolute atomic E-state index is 10.9. The van der Waals surface area contributed by atoms with Gasteiger partial charge in [-0.25, -0.2) is 0 Å². The number of aliphatic carboxylic acids is 1. The van der Waals surface area contributed by atoms with Crippen LogP contribution in [-0.2, 0) is 4.79 Å². The summed E-state index contributed by atoms with van der Waals surface area (Å²) in [5.74, 6) is -0.499. The minimum Gasteiger partial charge on any atom is -0.480 e. The Labute approximate surface area is 84.1 Å². The lowest BCUT2D eigenvalue weighted by Crippen LogP contribution is -2.39. The van der Waals surface area contributed by atoms with Crippen LogP contribution in [0.4, 0.5) is 0 Å². The molecule has 4 nitrogen and oxygen atoms in total. The Kier molecular flexibility index (Phi) is 3.90. The van der Waals surface area contributed by atoms with Gasteiger partial charge in [-0.1, -0.05) is 6.92 Å². The monoisotopic (exact) mass is 196 g/mol. The molecule has 2 atom stereocenters. The molecule has 14 heavy (non-hydrogen) atoms. The van der Waals surface area contributed by atoms with Crippen LogP contribution in [0.15, 0.2) is 0 Å². The summed E-state index contributed by atoms with van der Waals surface area (Å²) in [7, 11) is 0. The van der Waals surface area contributed by atoms with Crippen molar-refractivity contribution in [2.45, 2.75) is 32.2 Å². The molecule has 2 unspecified atom stereocenters. The van der Waals surface area contributed by atoms with E-state index in [-0.39, 0.29) is 12.0 Å². The number of rotatable bonds is 4. The molecule has 0 bridgehead atoms. The van der Waals surface area contributed by atoms with Gasteiger partial charge in [0.25, 0.3) is 0 Å². The van der Waals surface area contributed by atoms with Crippen molar-refractivity contribution in [2.24, 2.45) is 5.92 Å². The number of hydrogen-bond acceptors (Lipinski definition) is 3. The van der Waals surface area contributed by atoms with E-state index in [4.69, 9.17) is 10.4 Å². The van der Waals surface area contributed by atoms with Crippen molar-refractivity contribution >= 4 is 5.97 Å². The van der Waals surface area contributed by atoms with Crippen LogP contribution < -0.4 is 0 Å². The Bertz CT molecular complexity index is 247. The van der Waals surface area contributed by atoms with E-state index >= 15 is 0 Å². The minimum atomic E-state index is -0.730.